The lowest BCUT2D eigenvalue weighted by Crippen LogP contribution is -2.06. The third-order valence-electron chi connectivity index (χ3n) is 2.84. The van der Waals surface area contributed by atoms with Gasteiger partial charge in [0.25, 0.3) is 0 Å². The fourth-order valence-corrected chi connectivity index (χ4v) is 1.84. The average Bonchev–Trinajstić information content (AvgIpc) is 2.34. The van der Waals surface area contributed by atoms with E-state index < -0.39 is 5.97 Å². The van der Waals surface area contributed by atoms with E-state index in [1.807, 2.05) is 13.0 Å². The molecule has 0 radical (unpaired) electrons. The van der Waals surface area contributed by atoms with Gasteiger partial charge in [-0.05, 0) is 36.8 Å². The van der Waals surface area contributed by atoms with Crippen molar-refractivity contribution in [1.82, 2.24) is 0 Å². The third kappa shape index (κ3) is 4.87. The molecule has 0 bridgehead atoms. The highest BCUT2D eigenvalue weighted by atomic mass is 35.5. The van der Waals surface area contributed by atoms with Crippen LogP contribution in [0.3, 0.4) is 0 Å². The summed E-state index contributed by atoms with van der Waals surface area (Å²) in [6.07, 6.45) is 0. The van der Waals surface area contributed by atoms with Crippen LogP contribution in [0.1, 0.15) is 15.9 Å². The Morgan fingerprint density at radius 1 is 1.09 bits per heavy atom. The molecule has 2 aromatic carbocycles. The van der Waals surface area contributed by atoms with Gasteiger partial charge < -0.3 is 21.9 Å². The van der Waals surface area contributed by atoms with E-state index >= 15 is 0 Å². The van der Waals surface area contributed by atoms with Crippen molar-refractivity contribution in [1.29, 1.82) is 0 Å². The average molecular weight is 367 g/mol. The number of rotatable bonds is 3. The number of nitrogens with one attached hydrogen (secondary N) is 1. The number of carbonyl (C=O) groups is 1. The van der Waals surface area contributed by atoms with E-state index in [4.69, 9.17) is 11.5 Å². The molecule has 0 spiro atoms. The first-order valence-corrected chi connectivity index (χ1v) is 5.74. The van der Waals surface area contributed by atoms with Gasteiger partial charge >= 0.3 is 5.97 Å². The number of carboxylic acid groups (broad SMARTS) is 1. The number of aryl methyl sites for hydroxylation is 1. The summed E-state index contributed by atoms with van der Waals surface area (Å²) in [6, 6.07) is 10.1. The summed E-state index contributed by atoms with van der Waals surface area (Å²) in [6.45, 7) is 1.84. The molecule has 0 heterocycles. The SMILES string of the molecule is Cc1cccc(C(=O)O)c1Nc1ccc(N)cc1N.Cl.Cl.Cl. The quantitative estimate of drug-likeness (QED) is 0.618. The Balaban J connectivity index is 0. The molecular weight excluding hydrogens is 349 g/mol. The van der Waals surface area contributed by atoms with Crippen LogP contribution in [-0.4, -0.2) is 11.1 Å². The minimum Gasteiger partial charge on any atom is -0.478 e. The topological polar surface area (TPSA) is 101 Å². The third-order valence-corrected chi connectivity index (χ3v) is 2.84. The fraction of sp³-hybridized carbons (Fsp3) is 0.0714. The summed E-state index contributed by atoms with van der Waals surface area (Å²) < 4.78 is 0. The first-order valence-electron chi connectivity index (χ1n) is 5.74. The molecule has 122 valence electrons. The number of halogens is 3. The summed E-state index contributed by atoms with van der Waals surface area (Å²) in [4.78, 5) is 11.2. The molecule has 0 unspecified atom stereocenters. The van der Waals surface area contributed by atoms with Gasteiger partial charge in [-0.1, -0.05) is 12.1 Å². The summed E-state index contributed by atoms with van der Waals surface area (Å²) in [7, 11) is 0. The monoisotopic (exact) mass is 365 g/mol. The maximum absolute atomic E-state index is 11.2. The van der Waals surface area contributed by atoms with Crippen molar-refractivity contribution in [3.63, 3.8) is 0 Å². The van der Waals surface area contributed by atoms with Gasteiger partial charge in [-0.2, -0.15) is 0 Å². The lowest BCUT2D eigenvalue weighted by Gasteiger charge is -2.14. The maximum atomic E-state index is 11.2. The largest absolute Gasteiger partial charge is 0.478 e. The summed E-state index contributed by atoms with van der Waals surface area (Å²) >= 11 is 0. The van der Waals surface area contributed by atoms with Crippen LogP contribution in [0.2, 0.25) is 0 Å². The zero-order chi connectivity index (χ0) is 14.0. The van der Waals surface area contributed by atoms with Crippen LogP contribution in [0, 0.1) is 6.92 Å². The molecule has 0 aliphatic heterocycles. The van der Waals surface area contributed by atoms with Crippen LogP contribution in [0.5, 0.6) is 0 Å². The van der Waals surface area contributed by atoms with E-state index in [2.05, 4.69) is 5.32 Å². The standard InChI is InChI=1S/C14H15N3O2.3ClH/c1-8-3-2-4-10(14(18)19)13(8)17-12-6-5-9(15)7-11(12)16;;;/h2-7,17H,15-16H2,1H3,(H,18,19);3*1H. The van der Waals surface area contributed by atoms with Gasteiger partial charge in [0.05, 0.1) is 22.6 Å². The highest BCUT2D eigenvalue weighted by Gasteiger charge is 2.13. The minimum atomic E-state index is -0.986. The van der Waals surface area contributed by atoms with E-state index in [1.54, 1.807) is 30.3 Å². The number of aromatic carboxylic acids is 1. The first-order chi connectivity index (χ1) is 8.99. The Morgan fingerprint density at radius 3 is 2.27 bits per heavy atom. The van der Waals surface area contributed by atoms with Crippen molar-refractivity contribution in [3.8, 4) is 0 Å². The van der Waals surface area contributed by atoms with Gasteiger partial charge in [0.15, 0.2) is 0 Å². The normalized spacial score (nSPS) is 8.77. The molecule has 2 aromatic rings. The molecule has 0 aromatic heterocycles. The van der Waals surface area contributed by atoms with Crippen LogP contribution in [0.4, 0.5) is 22.7 Å². The van der Waals surface area contributed by atoms with E-state index in [1.165, 1.54) is 0 Å². The van der Waals surface area contributed by atoms with Gasteiger partial charge in [-0.3, -0.25) is 0 Å². The second-order valence-electron chi connectivity index (χ2n) is 4.27. The number of carboxylic acids is 1. The van der Waals surface area contributed by atoms with Crippen molar-refractivity contribution >= 4 is 65.9 Å². The number of hydrogen-bond acceptors (Lipinski definition) is 4. The van der Waals surface area contributed by atoms with Crippen LogP contribution in [0.15, 0.2) is 36.4 Å². The molecule has 0 saturated heterocycles. The van der Waals surface area contributed by atoms with Crippen molar-refractivity contribution < 1.29 is 9.90 Å². The molecular formula is C14H18Cl3N3O2. The van der Waals surface area contributed by atoms with Crippen molar-refractivity contribution in [2.75, 3.05) is 16.8 Å². The molecule has 0 aliphatic carbocycles. The highest BCUT2D eigenvalue weighted by molar-refractivity contribution is 5.96. The highest BCUT2D eigenvalue weighted by Crippen LogP contribution is 2.29. The van der Waals surface area contributed by atoms with Gasteiger partial charge in [-0.25, -0.2) is 4.79 Å². The molecule has 5 nitrogen and oxygen atoms in total. The van der Waals surface area contributed by atoms with Crippen molar-refractivity contribution in [2.45, 2.75) is 6.92 Å². The predicted molar refractivity (Wildman–Crippen MR) is 98.4 cm³/mol. The maximum Gasteiger partial charge on any atom is 0.337 e. The second kappa shape index (κ2) is 9.25. The molecule has 8 heteroatoms. The number of nitrogen functional groups attached to an aromatic ring is 2. The Bertz CT molecular complexity index is 651. The van der Waals surface area contributed by atoms with Crippen LogP contribution < -0.4 is 16.8 Å². The number of nitrogens with two attached hydrogens (primary N) is 2. The lowest BCUT2D eigenvalue weighted by atomic mass is 10.1. The Kier molecular flexibility index (Phi) is 9.44. The second-order valence-corrected chi connectivity index (χ2v) is 4.27. The number of hydrogen-bond donors (Lipinski definition) is 4. The number of para-hydroxylation sites is 1. The zero-order valence-electron chi connectivity index (χ0n) is 11.7. The summed E-state index contributed by atoms with van der Waals surface area (Å²) in [5.74, 6) is -0.986. The molecule has 22 heavy (non-hydrogen) atoms. The van der Waals surface area contributed by atoms with Gasteiger partial charge in [0.1, 0.15) is 0 Å². The summed E-state index contributed by atoms with van der Waals surface area (Å²) in [5.41, 5.74) is 14.7. The zero-order valence-corrected chi connectivity index (χ0v) is 14.1. The summed E-state index contributed by atoms with van der Waals surface area (Å²) in [5, 5.41) is 12.2. The minimum absolute atomic E-state index is 0. The molecule has 0 aliphatic rings. The predicted octanol–water partition coefficient (Wildman–Crippen LogP) is 3.87. The van der Waals surface area contributed by atoms with Crippen molar-refractivity contribution in [2.24, 2.45) is 0 Å². The van der Waals surface area contributed by atoms with Crippen LogP contribution in [-0.2, 0) is 0 Å². The van der Waals surface area contributed by atoms with Crippen LogP contribution in [0.25, 0.3) is 0 Å². The molecule has 2 rings (SSSR count). The molecule has 0 atom stereocenters. The number of benzene rings is 2. The molecule has 0 saturated carbocycles. The fourth-order valence-electron chi connectivity index (χ4n) is 1.84. The molecule has 6 N–H and O–H groups in total. The first kappa shape index (κ1) is 22.5. The van der Waals surface area contributed by atoms with E-state index in [9.17, 15) is 9.90 Å². The van der Waals surface area contributed by atoms with E-state index in [-0.39, 0.29) is 42.8 Å². The Morgan fingerprint density at radius 2 is 1.73 bits per heavy atom. The smallest absolute Gasteiger partial charge is 0.337 e. The van der Waals surface area contributed by atoms with E-state index in [0.29, 0.717) is 22.7 Å². The molecule has 0 amide bonds. The lowest BCUT2D eigenvalue weighted by molar-refractivity contribution is 0.0698. The van der Waals surface area contributed by atoms with Gasteiger partial charge in [-0.15, -0.1) is 37.2 Å². The van der Waals surface area contributed by atoms with Crippen molar-refractivity contribution in [3.05, 3.63) is 47.5 Å². The Hall–Kier alpha value is -1.82. The Labute approximate surface area is 147 Å². The number of anilines is 4. The van der Waals surface area contributed by atoms with Gasteiger partial charge in [0, 0.05) is 5.69 Å². The molecule has 0 fully saturated rings. The van der Waals surface area contributed by atoms with E-state index in [0.717, 1.165) is 5.56 Å². The van der Waals surface area contributed by atoms with Gasteiger partial charge in [0.2, 0.25) is 0 Å². The van der Waals surface area contributed by atoms with Crippen LogP contribution >= 0.6 is 37.2 Å².